The van der Waals surface area contributed by atoms with Crippen molar-refractivity contribution in [3.05, 3.63) is 29.8 Å². The Hall–Kier alpha value is -0.750. The van der Waals surface area contributed by atoms with E-state index in [1.807, 2.05) is 45.0 Å². The molecule has 2 fully saturated rings. The molecule has 0 bridgehead atoms. The Morgan fingerprint density at radius 1 is 1.35 bits per heavy atom. The Balaban J connectivity index is 1.92. The van der Waals surface area contributed by atoms with Crippen LogP contribution in [0, 0.1) is 12.8 Å². The summed E-state index contributed by atoms with van der Waals surface area (Å²) >= 11 is 0. The van der Waals surface area contributed by atoms with Gasteiger partial charge in [0.2, 0.25) is 4.93 Å². The van der Waals surface area contributed by atoms with E-state index >= 15 is 0 Å². The van der Waals surface area contributed by atoms with E-state index in [2.05, 4.69) is 0 Å². The van der Waals surface area contributed by atoms with Crippen molar-refractivity contribution in [3.63, 3.8) is 0 Å². The predicted molar refractivity (Wildman–Crippen MR) is 75.8 cm³/mol. The van der Waals surface area contributed by atoms with Gasteiger partial charge in [-0.3, -0.25) is 4.21 Å². The van der Waals surface area contributed by atoms with Crippen LogP contribution < -0.4 is 0 Å². The second-order valence-corrected chi connectivity index (χ2v) is 7.51. The summed E-state index contributed by atoms with van der Waals surface area (Å²) in [5, 5.41) is 9.36. The molecular formula is C15H20O4S. The van der Waals surface area contributed by atoms with Gasteiger partial charge in [0.15, 0.2) is 0 Å². The quantitative estimate of drug-likeness (QED) is 0.858. The van der Waals surface area contributed by atoms with Crippen molar-refractivity contribution >= 4 is 10.8 Å². The first-order valence-corrected chi connectivity index (χ1v) is 8.08. The molecule has 4 unspecified atom stereocenters. The van der Waals surface area contributed by atoms with E-state index in [0.717, 1.165) is 10.5 Å². The lowest BCUT2D eigenvalue weighted by Crippen LogP contribution is -2.37. The molecular weight excluding hydrogens is 276 g/mol. The number of aliphatic hydroxyl groups is 1. The molecule has 0 amide bonds. The van der Waals surface area contributed by atoms with Crippen LogP contribution in [0.3, 0.4) is 0 Å². The van der Waals surface area contributed by atoms with Crippen molar-refractivity contribution in [2.45, 2.75) is 48.9 Å². The largest absolute Gasteiger partial charge is 0.394 e. The summed E-state index contributed by atoms with van der Waals surface area (Å²) in [7, 11) is -1.29. The standard InChI is InChI=1S/C15H20O4S/c1-9(2)13-15(14(19-15)12(8-16)18-13)20(17)11-6-4-10(3)5-7-11/h4-7,9,12-14,16H,8H2,1-3H3/t12?,13-,14?,15?,20?/m0/s1. The van der Waals surface area contributed by atoms with E-state index < -0.39 is 15.7 Å². The molecule has 2 aliphatic heterocycles. The van der Waals surface area contributed by atoms with Crippen LogP contribution in [-0.4, -0.2) is 39.2 Å². The molecule has 0 aromatic heterocycles. The topological polar surface area (TPSA) is 59.1 Å². The number of hydrogen-bond acceptors (Lipinski definition) is 4. The minimum Gasteiger partial charge on any atom is -0.394 e. The predicted octanol–water partition coefficient (Wildman–Crippen LogP) is 1.61. The summed E-state index contributed by atoms with van der Waals surface area (Å²) in [5.41, 5.74) is 1.13. The summed E-state index contributed by atoms with van der Waals surface area (Å²) in [4.78, 5) is -0.0254. The Morgan fingerprint density at radius 2 is 2.00 bits per heavy atom. The van der Waals surface area contributed by atoms with Gasteiger partial charge in [-0.1, -0.05) is 31.5 Å². The monoisotopic (exact) mass is 296 g/mol. The normalized spacial score (nSPS) is 37.0. The molecule has 0 aliphatic carbocycles. The Bertz CT molecular complexity index is 527. The molecule has 2 heterocycles. The van der Waals surface area contributed by atoms with Gasteiger partial charge in [0.25, 0.3) is 0 Å². The molecule has 5 heteroatoms. The zero-order valence-corrected chi connectivity index (χ0v) is 12.7. The summed E-state index contributed by atoms with van der Waals surface area (Å²) < 4.78 is 24.5. The SMILES string of the molecule is Cc1ccc(S(=O)C23OC2C(CO)O[C@H]3C(C)C)cc1. The smallest absolute Gasteiger partial charge is 0.202 e. The van der Waals surface area contributed by atoms with Gasteiger partial charge in [-0.25, -0.2) is 0 Å². The molecule has 2 aliphatic rings. The number of aliphatic hydroxyl groups excluding tert-OH is 1. The van der Waals surface area contributed by atoms with Crippen LogP contribution in [0.5, 0.6) is 0 Å². The molecule has 3 rings (SSSR count). The van der Waals surface area contributed by atoms with Gasteiger partial charge in [0.1, 0.15) is 18.3 Å². The lowest BCUT2D eigenvalue weighted by atomic mass is 10.0. The Labute approximate surface area is 121 Å². The average Bonchev–Trinajstić information content (AvgIpc) is 3.08. The third kappa shape index (κ3) is 1.96. The molecule has 4 nitrogen and oxygen atoms in total. The summed E-state index contributed by atoms with van der Waals surface area (Å²) in [5.74, 6) is 0.186. The van der Waals surface area contributed by atoms with Crippen molar-refractivity contribution in [3.8, 4) is 0 Å². The van der Waals surface area contributed by atoms with Crippen LogP contribution in [0.1, 0.15) is 19.4 Å². The third-order valence-electron chi connectivity index (χ3n) is 4.02. The van der Waals surface area contributed by atoms with Gasteiger partial charge in [-0.15, -0.1) is 0 Å². The van der Waals surface area contributed by atoms with Gasteiger partial charge in [-0.2, -0.15) is 0 Å². The van der Waals surface area contributed by atoms with Gasteiger partial charge >= 0.3 is 0 Å². The van der Waals surface area contributed by atoms with Crippen LogP contribution in [0.15, 0.2) is 29.2 Å². The molecule has 20 heavy (non-hydrogen) atoms. The zero-order chi connectivity index (χ0) is 14.5. The maximum atomic E-state index is 12.9. The number of aryl methyl sites for hydroxylation is 1. The third-order valence-corrected chi connectivity index (χ3v) is 5.86. The first-order valence-electron chi connectivity index (χ1n) is 6.93. The number of rotatable bonds is 4. The summed E-state index contributed by atoms with van der Waals surface area (Å²) in [6.45, 7) is 5.95. The van der Waals surface area contributed by atoms with E-state index in [9.17, 15) is 9.32 Å². The highest BCUT2D eigenvalue weighted by Gasteiger charge is 2.75. The number of epoxide rings is 1. The minimum absolute atomic E-state index is 0.0965. The lowest BCUT2D eigenvalue weighted by Gasteiger charge is -2.24. The molecule has 0 spiro atoms. The van der Waals surface area contributed by atoms with Crippen LogP contribution in [0.2, 0.25) is 0 Å². The molecule has 1 aromatic rings. The van der Waals surface area contributed by atoms with Crippen LogP contribution >= 0.6 is 0 Å². The molecule has 0 saturated carbocycles. The lowest BCUT2D eigenvalue weighted by molar-refractivity contribution is -0.0737. The van der Waals surface area contributed by atoms with E-state index in [1.165, 1.54) is 0 Å². The molecule has 1 aromatic carbocycles. The fourth-order valence-electron chi connectivity index (χ4n) is 2.94. The summed E-state index contributed by atoms with van der Waals surface area (Å²) in [6, 6.07) is 7.65. The maximum absolute atomic E-state index is 12.9. The average molecular weight is 296 g/mol. The first-order chi connectivity index (χ1) is 9.50. The Kier molecular flexibility index (Phi) is 3.49. The van der Waals surface area contributed by atoms with E-state index in [4.69, 9.17) is 9.47 Å². The second-order valence-electron chi connectivity index (χ2n) is 5.86. The van der Waals surface area contributed by atoms with Crippen LogP contribution in [0.4, 0.5) is 0 Å². The van der Waals surface area contributed by atoms with Gasteiger partial charge in [0, 0.05) is 4.90 Å². The van der Waals surface area contributed by atoms with Crippen LogP contribution in [-0.2, 0) is 20.3 Å². The second kappa shape index (κ2) is 4.91. The van der Waals surface area contributed by atoms with Crippen molar-refractivity contribution in [1.82, 2.24) is 0 Å². The van der Waals surface area contributed by atoms with E-state index in [0.29, 0.717) is 0 Å². The number of benzene rings is 1. The van der Waals surface area contributed by atoms with Crippen molar-refractivity contribution in [2.75, 3.05) is 6.61 Å². The molecule has 0 radical (unpaired) electrons. The number of ether oxygens (including phenoxy) is 2. The maximum Gasteiger partial charge on any atom is 0.202 e. The summed E-state index contributed by atoms with van der Waals surface area (Å²) in [6.07, 6.45) is -0.870. The number of hydrogen-bond donors (Lipinski definition) is 1. The van der Waals surface area contributed by atoms with E-state index in [1.54, 1.807) is 0 Å². The van der Waals surface area contributed by atoms with Crippen molar-refractivity contribution < 1.29 is 18.8 Å². The first kappa shape index (κ1) is 14.2. The minimum atomic E-state index is -1.29. The highest BCUT2D eigenvalue weighted by molar-refractivity contribution is 7.86. The fraction of sp³-hybridized carbons (Fsp3) is 0.600. The molecule has 2 saturated heterocycles. The van der Waals surface area contributed by atoms with Gasteiger partial charge in [-0.05, 0) is 25.0 Å². The zero-order valence-electron chi connectivity index (χ0n) is 11.9. The number of fused-ring (bicyclic) bond motifs is 1. The molecule has 5 atom stereocenters. The van der Waals surface area contributed by atoms with Crippen molar-refractivity contribution in [1.29, 1.82) is 0 Å². The van der Waals surface area contributed by atoms with Gasteiger partial charge in [0.05, 0.1) is 17.4 Å². The van der Waals surface area contributed by atoms with Crippen LogP contribution in [0.25, 0.3) is 0 Å². The molecule has 1 N–H and O–H groups in total. The highest BCUT2D eigenvalue weighted by atomic mass is 32.2. The van der Waals surface area contributed by atoms with E-state index in [-0.39, 0.29) is 30.8 Å². The fourth-order valence-corrected chi connectivity index (χ4v) is 4.79. The Morgan fingerprint density at radius 3 is 2.55 bits per heavy atom. The van der Waals surface area contributed by atoms with Gasteiger partial charge < -0.3 is 14.6 Å². The highest BCUT2D eigenvalue weighted by Crippen LogP contribution is 2.55. The molecule has 110 valence electrons. The van der Waals surface area contributed by atoms with Crippen molar-refractivity contribution in [2.24, 2.45) is 5.92 Å².